The molecule has 2 amide bonds. The van der Waals surface area contributed by atoms with Crippen molar-refractivity contribution >= 4 is 23.2 Å². The Balaban J connectivity index is 1.59. The van der Waals surface area contributed by atoms with Crippen molar-refractivity contribution in [1.82, 2.24) is 4.90 Å². The van der Waals surface area contributed by atoms with Crippen molar-refractivity contribution in [3.63, 3.8) is 0 Å². The van der Waals surface area contributed by atoms with Gasteiger partial charge in [0.2, 0.25) is 11.8 Å². The molecule has 0 atom stereocenters. The van der Waals surface area contributed by atoms with Crippen molar-refractivity contribution in [3.05, 3.63) is 52.5 Å². The van der Waals surface area contributed by atoms with E-state index in [-0.39, 0.29) is 24.1 Å². The fourth-order valence-electron chi connectivity index (χ4n) is 3.41. The maximum absolute atomic E-state index is 13.0. The van der Waals surface area contributed by atoms with Gasteiger partial charge >= 0.3 is 0 Å². The van der Waals surface area contributed by atoms with E-state index in [1.54, 1.807) is 23.5 Å². The maximum Gasteiger partial charge on any atom is 0.227 e. The van der Waals surface area contributed by atoms with Gasteiger partial charge in [-0.3, -0.25) is 9.59 Å². The molecule has 1 aromatic carbocycles. The Morgan fingerprint density at radius 2 is 1.89 bits per heavy atom. The molecule has 0 spiro atoms. The van der Waals surface area contributed by atoms with Crippen LogP contribution >= 0.6 is 11.3 Å². The Morgan fingerprint density at radius 1 is 1.19 bits per heavy atom. The molecule has 1 fully saturated rings. The molecule has 0 saturated carbocycles. The first kappa shape index (κ1) is 19.4. The van der Waals surface area contributed by atoms with Crippen LogP contribution in [0.15, 0.2) is 41.8 Å². The number of hydrogen-bond acceptors (Lipinski definition) is 4. The number of benzene rings is 1. The van der Waals surface area contributed by atoms with E-state index in [0.29, 0.717) is 44.7 Å². The highest BCUT2D eigenvalue weighted by Crippen LogP contribution is 2.36. The normalized spacial score (nSPS) is 16.1. The number of hydrogen-bond donors (Lipinski definition) is 1. The molecular formula is C20H23FN2O3S. The number of piperidine rings is 1. The maximum atomic E-state index is 13.0. The molecule has 1 aliphatic rings. The second kappa shape index (κ2) is 8.52. The van der Waals surface area contributed by atoms with E-state index in [2.05, 4.69) is 0 Å². The first-order chi connectivity index (χ1) is 13.0. The van der Waals surface area contributed by atoms with Crippen molar-refractivity contribution < 1.29 is 18.7 Å². The van der Waals surface area contributed by atoms with Crippen LogP contribution in [0.4, 0.5) is 4.39 Å². The van der Waals surface area contributed by atoms with Gasteiger partial charge in [0.15, 0.2) is 0 Å². The second-order valence-corrected chi connectivity index (χ2v) is 8.05. The van der Waals surface area contributed by atoms with Gasteiger partial charge in [0.25, 0.3) is 0 Å². The van der Waals surface area contributed by atoms with E-state index in [0.717, 1.165) is 4.88 Å². The summed E-state index contributed by atoms with van der Waals surface area (Å²) in [6.07, 6.45) is 1.91. The van der Waals surface area contributed by atoms with Crippen LogP contribution in [-0.2, 0) is 16.0 Å². The summed E-state index contributed by atoms with van der Waals surface area (Å²) in [5, 5.41) is 1.96. The Hall–Kier alpha value is -2.41. The van der Waals surface area contributed by atoms with Crippen LogP contribution in [-0.4, -0.2) is 36.4 Å². The fourth-order valence-corrected chi connectivity index (χ4v) is 4.11. The summed E-state index contributed by atoms with van der Waals surface area (Å²) in [5.41, 5.74) is 5.06. The van der Waals surface area contributed by atoms with Crippen molar-refractivity contribution in [2.75, 3.05) is 19.7 Å². The van der Waals surface area contributed by atoms with E-state index >= 15 is 0 Å². The van der Waals surface area contributed by atoms with Gasteiger partial charge in [0.05, 0.1) is 13.0 Å². The minimum Gasteiger partial charge on any atom is -0.493 e. The molecule has 0 aliphatic carbocycles. The zero-order valence-electron chi connectivity index (χ0n) is 15.0. The third-order valence-electron chi connectivity index (χ3n) is 4.99. The quantitative estimate of drug-likeness (QED) is 0.790. The summed E-state index contributed by atoms with van der Waals surface area (Å²) < 4.78 is 18.8. The van der Waals surface area contributed by atoms with Gasteiger partial charge in [0, 0.05) is 29.8 Å². The number of nitrogens with two attached hydrogens (primary N) is 1. The van der Waals surface area contributed by atoms with Gasteiger partial charge in [-0.05, 0) is 48.6 Å². The van der Waals surface area contributed by atoms with Crippen LogP contribution < -0.4 is 10.5 Å². The lowest BCUT2D eigenvalue weighted by Crippen LogP contribution is -2.47. The monoisotopic (exact) mass is 390 g/mol. The summed E-state index contributed by atoms with van der Waals surface area (Å²) in [7, 11) is 0. The minimum absolute atomic E-state index is 0.101. The molecule has 3 rings (SSSR count). The van der Waals surface area contributed by atoms with Crippen LogP contribution in [0.5, 0.6) is 5.75 Å². The molecule has 27 heavy (non-hydrogen) atoms. The number of primary amides is 1. The van der Waals surface area contributed by atoms with Crippen LogP contribution in [0.2, 0.25) is 0 Å². The van der Waals surface area contributed by atoms with Crippen molar-refractivity contribution in [2.45, 2.75) is 25.7 Å². The predicted molar refractivity (Wildman–Crippen MR) is 102 cm³/mol. The number of thiophene rings is 1. The molecule has 2 heterocycles. The first-order valence-electron chi connectivity index (χ1n) is 8.93. The Bertz CT molecular complexity index is 769. The standard InChI is InChI=1S/C20H23FN2O3S/c21-15-3-5-16(6-4-15)26-14-20(13-18(22)24)7-9-23(10-8-20)19(25)12-17-2-1-11-27-17/h1-6,11H,7-10,12-14H2,(H2,22,24). The first-order valence-corrected chi connectivity index (χ1v) is 9.81. The van der Waals surface area contributed by atoms with Gasteiger partial charge < -0.3 is 15.4 Å². The lowest BCUT2D eigenvalue weighted by molar-refractivity contribution is -0.133. The number of halogens is 1. The van der Waals surface area contributed by atoms with Gasteiger partial charge in [-0.2, -0.15) is 0 Å². The lowest BCUT2D eigenvalue weighted by Gasteiger charge is -2.41. The summed E-state index contributed by atoms with van der Waals surface area (Å²) in [6.45, 7) is 1.46. The topological polar surface area (TPSA) is 72.6 Å². The average molecular weight is 390 g/mol. The van der Waals surface area contributed by atoms with E-state index in [4.69, 9.17) is 10.5 Å². The highest BCUT2D eigenvalue weighted by molar-refractivity contribution is 7.10. The highest BCUT2D eigenvalue weighted by Gasteiger charge is 2.38. The van der Waals surface area contributed by atoms with Crippen molar-refractivity contribution in [3.8, 4) is 5.75 Å². The van der Waals surface area contributed by atoms with Gasteiger partial charge in [0.1, 0.15) is 11.6 Å². The van der Waals surface area contributed by atoms with Crippen molar-refractivity contribution in [2.24, 2.45) is 11.1 Å². The smallest absolute Gasteiger partial charge is 0.227 e. The van der Waals surface area contributed by atoms with E-state index in [9.17, 15) is 14.0 Å². The fraction of sp³-hybridized carbons (Fsp3) is 0.400. The van der Waals surface area contributed by atoms with E-state index < -0.39 is 5.41 Å². The Labute approximate surface area is 161 Å². The highest BCUT2D eigenvalue weighted by atomic mass is 32.1. The molecule has 2 aromatic rings. The third-order valence-corrected chi connectivity index (χ3v) is 5.87. The van der Waals surface area contributed by atoms with Gasteiger partial charge in [-0.15, -0.1) is 11.3 Å². The number of ether oxygens (including phenoxy) is 1. The van der Waals surface area contributed by atoms with Crippen LogP contribution in [0.3, 0.4) is 0 Å². The number of nitrogens with zero attached hydrogens (tertiary/aromatic N) is 1. The number of amides is 2. The molecule has 144 valence electrons. The molecule has 7 heteroatoms. The minimum atomic E-state index is -0.403. The number of carbonyl (C=O) groups is 2. The molecule has 1 aliphatic heterocycles. The molecule has 0 bridgehead atoms. The molecule has 1 aromatic heterocycles. The van der Waals surface area contributed by atoms with E-state index in [1.807, 2.05) is 22.4 Å². The summed E-state index contributed by atoms with van der Waals surface area (Å²) in [6, 6.07) is 9.69. The summed E-state index contributed by atoms with van der Waals surface area (Å²) in [5.74, 6) is -0.0520. The summed E-state index contributed by atoms with van der Waals surface area (Å²) in [4.78, 5) is 27.0. The van der Waals surface area contributed by atoms with Crippen LogP contribution in [0, 0.1) is 11.2 Å². The molecule has 2 N–H and O–H groups in total. The van der Waals surface area contributed by atoms with Crippen molar-refractivity contribution in [1.29, 1.82) is 0 Å². The predicted octanol–water partition coefficient (Wildman–Crippen LogP) is 2.99. The zero-order chi connectivity index (χ0) is 19.3. The van der Waals surface area contributed by atoms with E-state index in [1.165, 1.54) is 12.1 Å². The van der Waals surface area contributed by atoms with Crippen LogP contribution in [0.1, 0.15) is 24.1 Å². The number of carbonyl (C=O) groups excluding carboxylic acids is 2. The van der Waals surface area contributed by atoms with Gasteiger partial charge in [-0.1, -0.05) is 6.07 Å². The Kier molecular flexibility index (Phi) is 6.11. The zero-order valence-corrected chi connectivity index (χ0v) is 15.8. The molecule has 0 radical (unpaired) electrons. The largest absolute Gasteiger partial charge is 0.493 e. The molecule has 1 saturated heterocycles. The average Bonchev–Trinajstić information content (AvgIpc) is 3.14. The number of likely N-dealkylation sites (tertiary alicyclic amines) is 1. The molecule has 0 unspecified atom stereocenters. The SMILES string of the molecule is NC(=O)CC1(COc2ccc(F)cc2)CCN(C(=O)Cc2cccs2)CC1. The second-order valence-electron chi connectivity index (χ2n) is 7.02. The number of rotatable bonds is 7. The Morgan fingerprint density at radius 3 is 2.48 bits per heavy atom. The lowest BCUT2D eigenvalue weighted by atomic mass is 9.76. The molecular weight excluding hydrogens is 367 g/mol. The van der Waals surface area contributed by atoms with Gasteiger partial charge in [-0.25, -0.2) is 4.39 Å². The third kappa shape index (κ3) is 5.29. The van der Waals surface area contributed by atoms with Crippen LogP contribution in [0.25, 0.3) is 0 Å². The molecule has 5 nitrogen and oxygen atoms in total. The summed E-state index contributed by atoms with van der Waals surface area (Å²) >= 11 is 1.57.